The van der Waals surface area contributed by atoms with Crippen LogP contribution in [0.25, 0.3) is 0 Å². The molecule has 0 amide bonds. The molecule has 2 aliphatic heterocycles. The second-order valence-electron chi connectivity index (χ2n) is 7.13. The van der Waals surface area contributed by atoms with Crippen LogP contribution in [-0.2, 0) is 4.74 Å². The third kappa shape index (κ3) is 3.81. The summed E-state index contributed by atoms with van der Waals surface area (Å²) in [6.07, 6.45) is 11.3. The van der Waals surface area contributed by atoms with E-state index in [1.54, 1.807) is 6.20 Å². The van der Waals surface area contributed by atoms with Crippen LogP contribution in [0.5, 0.6) is 5.88 Å². The van der Waals surface area contributed by atoms with Crippen molar-refractivity contribution in [3.8, 4) is 5.88 Å². The van der Waals surface area contributed by atoms with Crippen LogP contribution in [0, 0.1) is 0 Å². The molecule has 6 nitrogen and oxygen atoms in total. The SMILES string of the molecule is c1ncc(N2CCC(N3CCOCC3)C2)nc1OC1CCCCC1. The van der Waals surface area contributed by atoms with Gasteiger partial charge in [-0.25, -0.2) is 0 Å². The van der Waals surface area contributed by atoms with E-state index in [1.807, 2.05) is 6.20 Å². The van der Waals surface area contributed by atoms with Gasteiger partial charge in [0.05, 0.1) is 25.6 Å². The Bertz CT molecular complexity index is 530. The molecule has 1 saturated carbocycles. The number of aromatic nitrogens is 2. The van der Waals surface area contributed by atoms with Gasteiger partial charge in [0, 0.05) is 32.2 Å². The van der Waals surface area contributed by atoms with Gasteiger partial charge in [0.15, 0.2) is 5.82 Å². The smallest absolute Gasteiger partial charge is 0.234 e. The summed E-state index contributed by atoms with van der Waals surface area (Å²) in [5, 5.41) is 0. The summed E-state index contributed by atoms with van der Waals surface area (Å²) in [4.78, 5) is 14.0. The molecule has 132 valence electrons. The Morgan fingerprint density at radius 2 is 1.83 bits per heavy atom. The van der Waals surface area contributed by atoms with E-state index in [2.05, 4.69) is 14.8 Å². The highest BCUT2D eigenvalue weighted by molar-refractivity contribution is 5.39. The molecule has 6 heteroatoms. The predicted molar refractivity (Wildman–Crippen MR) is 92.5 cm³/mol. The maximum atomic E-state index is 6.07. The van der Waals surface area contributed by atoms with E-state index in [0.717, 1.165) is 58.1 Å². The number of hydrogen-bond acceptors (Lipinski definition) is 6. The molecule has 1 aromatic heterocycles. The average molecular weight is 332 g/mol. The van der Waals surface area contributed by atoms with Crippen LogP contribution in [0.15, 0.2) is 12.4 Å². The molecule has 3 fully saturated rings. The van der Waals surface area contributed by atoms with Crippen molar-refractivity contribution in [3.05, 3.63) is 12.4 Å². The summed E-state index contributed by atoms with van der Waals surface area (Å²) >= 11 is 0. The molecule has 0 bridgehead atoms. The van der Waals surface area contributed by atoms with Gasteiger partial charge in [0.2, 0.25) is 5.88 Å². The second kappa shape index (κ2) is 7.66. The van der Waals surface area contributed by atoms with E-state index in [0.29, 0.717) is 18.0 Å². The normalized spacial score (nSPS) is 26.7. The summed E-state index contributed by atoms with van der Waals surface area (Å²) in [5.74, 6) is 1.65. The van der Waals surface area contributed by atoms with Gasteiger partial charge in [-0.15, -0.1) is 0 Å². The van der Waals surface area contributed by atoms with Crippen molar-refractivity contribution in [2.75, 3.05) is 44.3 Å². The van der Waals surface area contributed by atoms with Crippen LogP contribution in [0.1, 0.15) is 38.5 Å². The summed E-state index contributed by atoms with van der Waals surface area (Å²) in [6, 6.07) is 0.610. The average Bonchev–Trinajstić information content (AvgIpc) is 3.14. The zero-order valence-electron chi connectivity index (χ0n) is 14.4. The maximum absolute atomic E-state index is 6.07. The van der Waals surface area contributed by atoms with Gasteiger partial charge in [-0.3, -0.25) is 9.88 Å². The first-order valence-corrected chi connectivity index (χ1v) is 9.44. The minimum atomic E-state index is 0.322. The molecule has 1 aromatic rings. The van der Waals surface area contributed by atoms with Gasteiger partial charge in [-0.2, -0.15) is 4.98 Å². The van der Waals surface area contributed by atoms with Crippen LogP contribution in [-0.4, -0.2) is 66.4 Å². The molecular weight excluding hydrogens is 304 g/mol. The highest BCUT2D eigenvalue weighted by Gasteiger charge is 2.29. The second-order valence-corrected chi connectivity index (χ2v) is 7.13. The largest absolute Gasteiger partial charge is 0.473 e. The number of anilines is 1. The van der Waals surface area contributed by atoms with Gasteiger partial charge in [-0.1, -0.05) is 6.42 Å². The molecule has 0 aromatic carbocycles. The van der Waals surface area contributed by atoms with Crippen LogP contribution >= 0.6 is 0 Å². The van der Waals surface area contributed by atoms with Crippen molar-refractivity contribution in [2.45, 2.75) is 50.7 Å². The van der Waals surface area contributed by atoms with Crippen molar-refractivity contribution in [1.29, 1.82) is 0 Å². The van der Waals surface area contributed by atoms with Crippen molar-refractivity contribution in [3.63, 3.8) is 0 Å². The van der Waals surface area contributed by atoms with Gasteiger partial charge in [0.1, 0.15) is 6.10 Å². The Morgan fingerprint density at radius 1 is 1.00 bits per heavy atom. The minimum Gasteiger partial charge on any atom is -0.473 e. The molecule has 1 aliphatic carbocycles. The summed E-state index contributed by atoms with van der Waals surface area (Å²) in [7, 11) is 0. The molecule has 24 heavy (non-hydrogen) atoms. The lowest BCUT2D eigenvalue weighted by Crippen LogP contribution is -2.44. The molecular formula is C18H28N4O2. The van der Waals surface area contributed by atoms with Crippen molar-refractivity contribution >= 4 is 5.82 Å². The summed E-state index contributed by atoms with van der Waals surface area (Å²) in [5.41, 5.74) is 0. The van der Waals surface area contributed by atoms with E-state index in [-0.39, 0.29) is 0 Å². The van der Waals surface area contributed by atoms with Crippen molar-refractivity contribution in [2.24, 2.45) is 0 Å². The van der Waals surface area contributed by atoms with Crippen LogP contribution in [0.4, 0.5) is 5.82 Å². The lowest BCUT2D eigenvalue weighted by atomic mass is 9.98. The number of morpholine rings is 1. The number of ether oxygens (including phenoxy) is 2. The van der Waals surface area contributed by atoms with Gasteiger partial charge in [-0.05, 0) is 32.1 Å². The number of rotatable bonds is 4. The monoisotopic (exact) mass is 332 g/mol. The molecule has 0 spiro atoms. The summed E-state index contributed by atoms with van der Waals surface area (Å²) in [6.45, 7) is 5.90. The fraction of sp³-hybridized carbons (Fsp3) is 0.778. The van der Waals surface area contributed by atoms with Crippen LogP contribution in [0.2, 0.25) is 0 Å². The third-order valence-corrected chi connectivity index (χ3v) is 5.49. The minimum absolute atomic E-state index is 0.322. The Morgan fingerprint density at radius 3 is 2.67 bits per heavy atom. The molecule has 2 saturated heterocycles. The van der Waals surface area contributed by atoms with Crippen LogP contribution < -0.4 is 9.64 Å². The topological polar surface area (TPSA) is 50.7 Å². The van der Waals surface area contributed by atoms with Crippen molar-refractivity contribution in [1.82, 2.24) is 14.9 Å². The fourth-order valence-corrected chi connectivity index (χ4v) is 4.09. The first-order valence-electron chi connectivity index (χ1n) is 9.44. The standard InChI is InChI=1S/C18H28N4O2/c1-2-4-16(5-3-1)24-18-13-19-12-17(20-18)22-7-6-15(14-22)21-8-10-23-11-9-21/h12-13,15-16H,1-11,14H2. The lowest BCUT2D eigenvalue weighted by molar-refractivity contribution is 0.0209. The van der Waals surface area contributed by atoms with Gasteiger partial charge in [0.25, 0.3) is 0 Å². The first kappa shape index (κ1) is 16.1. The van der Waals surface area contributed by atoms with Gasteiger partial charge < -0.3 is 14.4 Å². The first-order chi connectivity index (χ1) is 11.9. The van der Waals surface area contributed by atoms with Gasteiger partial charge >= 0.3 is 0 Å². The third-order valence-electron chi connectivity index (χ3n) is 5.49. The van der Waals surface area contributed by atoms with E-state index in [9.17, 15) is 0 Å². The summed E-state index contributed by atoms with van der Waals surface area (Å²) < 4.78 is 11.5. The van der Waals surface area contributed by atoms with E-state index >= 15 is 0 Å². The molecule has 3 aliphatic rings. The number of nitrogens with zero attached hydrogens (tertiary/aromatic N) is 4. The molecule has 3 heterocycles. The highest BCUT2D eigenvalue weighted by atomic mass is 16.5. The molecule has 0 N–H and O–H groups in total. The Kier molecular flexibility index (Phi) is 5.13. The Balaban J connectivity index is 1.36. The highest BCUT2D eigenvalue weighted by Crippen LogP contribution is 2.25. The fourth-order valence-electron chi connectivity index (χ4n) is 4.09. The van der Waals surface area contributed by atoms with Crippen molar-refractivity contribution < 1.29 is 9.47 Å². The number of hydrogen-bond donors (Lipinski definition) is 0. The molecule has 4 rings (SSSR count). The van der Waals surface area contributed by atoms with E-state index < -0.39 is 0 Å². The van der Waals surface area contributed by atoms with Crippen LogP contribution in [0.3, 0.4) is 0 Å². The zero-order valence-corrected chi connectivity index (χ0v) is 14.4. The molecule has 1 unspecified atom stereocenters. The maximum Gasteiger partial charge on any atom is 0.234 e. The Labute approximate surface area is 144 Å². The molecule has 0 radical (unpaired) electrons. The predicted octanol–water partition coefficient (Wildman–Crippen LogP) is 2.10. The quantitative estimate of drug-likeness (QED) is 0.842. The Hall–Kier alpha value is -1.40. The zero-order chi connectivity index (χ0) is 16.2. The van der Waals surface area contributed by atoms with E-state index in [4.69, 9.17) is 14.5 Å². The van der Waals surface area contributed by atoms with E-state index in [1.165, 1.54) is 25.7 Å². The lowest BCUT2D eigenvalue weighted by Gasteiger charge is -2.32. The molecule has 1 atom stereocenters.